The van der Waals surface area contributed by atoms with Crippen LogP contribution in [0, 0.1) is 0 Å². The monoisotopic (exact) mass is 677 g/mol. The molecular weight excluding hydrogens is 643 g/mol. The van der Waals surface area contributed by atoms with E-state index in [2.05, 4.69) is 41.4 Å². The number of nitrogens with zero attached hydrogens (tertiary/aromatic N) is 3. The largest absolute Gasteiger partial charge is 0.503 e. The van der Waals surface area contributed by atoms with Crippen LogP contribution in [0.15, 0.2) is 113 Å². The molecule has 0 bridgehead atoms. The molecule has 6 rings (SSSR count). The number of methoxy groups -OCH3 is 1. The fourth-order valence-electron chi connectivity index (χ4n) is 5.62. The number of ketones is 1. The summed E-state index contributed by atoms with van der Waals surface area (Å²) >= 11 is 2.75. The lowest BCUT2D eigenvalue weighted by atomic mass is 9.95. The van der Waals surface area contributed by atoms with Gasteiger partial charge in [0, 0.05) is 5.75 Å². The fraction of sp³-hybridized carbons (Fsp3) is 0.211. The van der Waals surface area contributed by atoms with Gasteiger partial charge in [-0.3, -0.25) is 14.5 Å². The zero-order valence-corrected chi connectivity index (χ0v) is 28.3. The predicted octanol–water partition coefficient (Wildman–Crippen LogP) is 8.74. The van der Waals surface area contributed by atoms with Crippen molar-refractivity contribution in [3.05, 3.63) is 125 Å². The molecule has 10 heteroatoms. The van der Waals surface area contributed by atoms with Crippen LogP contribution in [0.5, 0.6) is 11.5 Å². The Labute approximate surface area is 287 Å². The molecule has 5 aromatic rings. The maximum absolute atomic E-state index is 13.8. The van der Waals surface area contributed by atoms with Gasteiger partial charge >= 0.3 is 0 Å². The highest BCUT2D eigenvalue weighted by Crippen LogP contribution is 2.45. The Morgan fingerprint density at radius 1 is 0.979 bits per heavy atom. The number of thioether (sulfide) groups is 1. The number of amides is 1. The SMILES string of the molecule is CCCCCOc1ccc(C2C(C(=O)/C=C/c3ccccc3)=C(O)C(=O)N2c2nnc(SCc3cccc4ccccc34)s2)cc1OC. The summed E-state index contributed by atoms with van der Waals surface area (Å²) < 4.78 is 12.3. The van der Waals surface area contributed by atoms with E-state index in [1.165, 1.54) is 39.5 Å². The summed E-state index contributed by atoms with van der Waals surface area (Å²) in [7, 11) is 1.54. The Balaban J connectivity index is 1.32. The molecule has 1 N–H and O–H groups in total. The molecule has 8 nitrogen and oxygen atoms in total. The first-order chi connectivity index (χ1) is 23.5. The molecule has 0 saturated carbocycles. The van der Waals surface area contributed by atoms with Gasteiger partial charge in [-0.2, -0.15) is 0 Å². The number of aromatic nitrogens is 2. The van der Waals surface area contributed by atoms with Crippen LogP contribution >= 0.6 is 23.1 Å². The third-order valence-electron chi connectivity index (χ3n) is 8.04. The molecule has 0 spiro atoms. The Morgan fingerprint density at radius 3 is 2.58 bits per heavy atom. The second-order valence-electron chi connectivity index (χ2n) is 11.2. The Kier molecular flexibility index (Phi) is 10.5. The van der Waals surface area contributed by atoms with Crippen molar-refractivity contribution in [3.63, 3.8) is 0 Å². The number of hydrogen-bond acceptors (Lipinski definition) is 9. The molecule has 1 aromatic heterocycles. The van der Waals surface area contributed by atoms with E-state index in [9.17, 15) is 14.7 Å². The molecule has 1 aliphatic rings. The first-order valence-electron chi connectivity index (χ1n) is 15.8. The molecule has 1 aliphatic heterocycles. The van der Waals surface area contributed by atoms with Crippen molar-refractivity contribution in [2.75, 3.05) is 18.6 Å². The zero-order chi connectivity index (χ0) is 33.5. The van der Waals surface area contributed by atoms with Crippen LogP contribution < -0.4 is 14.4 Å². The number of carbonyl (C=O) groups is 2. The third kappa shape index (κ3) is 7.14. The van der Waals surface area contributed by atoms with Gasteiger partial charge in [-0.25, -0.2) is 0 Å². The van der Waals surface area contributed by atoms with Gasteiger partial charge in [0.1, 0.15) is 0 Å². The summed E-state index contributed by atoms with van der Waals surface area (Å²) in [6, 6.07) is 28.1. The highest BCUT2D eigenvalue weighted by atomic mass is 32.2. The van der Waals surface area contributed by atoms with Gasteiger partial charge in [-0.15, -0.1) is 10.2 Å². The average molecular weight is 678 g/mol. The molecule has 2 heterocycles. The normalized spacial score (nSPS) is 14.8. The van der Waals surface area contributed by atoms with Crippen molar-refractivity contribution < 1.29 is 24.2 Å². The molecule has 0 fully saturated rings. The summed E-state index contributed by atoms with van der Waals surface area (Å²) in [4.78, 5) is 28.9. The van der Waals surface area contributed by atoms with E-state index in [1.54, 1.807) is 31.4 Å². The van der Waals surface area contributed by atoms with Crippen LogP contribution in [0.4, 0.5) is 5.13 Å². The third-order valence-corrected chi connectivity index (χ3v) is 10.1. The van der Waals surface area contributed by atoms with E-state index < -0.39 is 23.5 Å². The van der Waals surface area contributed by atoms with Gasteiger partial charge in [0.25, 0.3) is 5.91 Å². The van der Waals surface area contributed by atoms with E-state index in [0.717, 1.165) is 35.8 Å². The predicted molar refractivity (Wildman–Crippen MR) is 192 cm³/mol. The van der Waals surface area contributed by atoms with E-state index >= 15 is 0 Å². The van der Waals surface area contributed by atoms with Gasteiger partial charge in [0.05, 0.1) is 25.3 Å². The number of ether oxygens (including phenoxy) is 2. The van der Waals surface area contributed by atoms with E-state index in [0.29, 0.717) is 33.8 Å². The standard InChI is InChI=1S/C38H35N3O5S2/c1-3-4-10-22-46-31-21-19-27(23-32(31)45-2)34-33(30(42)20-18-25-12-6-5-7-13-25)35(43)36(44)41(34)37-39-40-38(48-37)47-24-28-16-11-15-26-14-8-9-17-29(26)28/h5-9,11-21,23,34,43H,3-4,10,22,24H2,1-2H3/b20-18+. The number of carbonyl (C=O) groups excluding carboxylic acids is 2. The first kappa shape index (κ1) is 33.0. The molecule has 244 valence electrons. The number of aliphatic hydroxyl groups is 1. The minimum Gasteiger partial charge on any atom is -0.503 e. The van der Waals surface area contributed by atoms with Gasteiger partial charge < -0.3 is 14.6 Å². The summed E-state index contributed by atoms with van der Waals surface area (Å²) in [6.45, 7) is 2.67. The molecule has 0 aliphatic carbocycles. The van der Waals surface area contributed by atoms with Crippen LogP contribution in [0.2, 0.25) is 0 Å². The topological polar surface area (TPSA) is 102 Å². The lowest BCUT2D eigenvalue weighted by molar-refractivity contribution is -0.117. The molecule has 48 heavy (non-hydrogen) atoms. The quantitative estimate of drug-likeness (QED) is 0.0539. The van der Waals surface area contributed by atoms with Gasteiger partial charge in [0.15, 0.2) is 27.4 Å². The molecule has 1 amide bonds. The Morgan fingerprint density at radius 2 is 1.77 bits per heavy atom. The van der Waals surface area contributed by atoms with Crippen LogP contribution in [0.1, 0.15) is 48.9 Å². The minimum absolute atomic E-state index is 0.0500. The smallest absolute Gasteiger partial charge is 0.296 e. The lowest BCUT2D eigenvalue weighted by Gasteiger charge is -2.24. The number of allylic oxidation sites excluding steroid dienone is 1. The number of benzene rings is 4. The number of fused-ring (bicyclic) bond motifs is 1. The van der Waals surface area contributed by atoms with E-state index in [1.807, 2.05) is 48.5 Å². The molecular formula is C38H35N3O5S2. The minimum atomic E-state index is -0.975. The van der Waals surface area contributed by atoms with Gasteiger partial charge in [-0.05, 0) is 52.1 Å². The van der Waals surface area contributed by atoms with Crippen LogP contribution in [0.3, 0.4) is 0 Å². The van der Waals surface area contributed by atoms with Gasteiger partial charge in [-0.1, -0.05) is 128 Å². The lowest BCUT2D eigenvalue weighted by Crippen LogP contribution is -2.30. The highest BCUT2D eigenvalue weighted by Gasteiger charge is 2.45. The first-order valence-corrected chi connectivity index (χ1v) is 17.6. The van der Waals surface area contributed by atoms with E-state index in [4.69, 9.17) is 9.47 Å². The van der Waals surface area contributed by atoms with Crippen molar-refractivity contribution in [3.8, 4) is 11.5 Å². The van der Waals surface area contributed by atoms with Gasteiger partial charge in [0.2, 0.25) is 5.13 Å². The Hall–Kier alpha value is -4.93. The molecule has 1 unspecified atom stereocenters. The molecule has 4 aromatic carbocycles. The van der Waals surface area contributed by atoms with E-state index in [-0.39, 0.29) is 10.7 Å². The summed E-state index contributed by atoms with van der Waals surface area (Å²) in [5, 5.41) is 22.6. The average Bonchev–Trinajstić information content (AvgIpc) is 3.70. The number of unbranched alkanes of at least 4 members (excludes halogenated alkanes) is 2. The number of aliphatic hydroxyl groups excluding tert-OH is 1. The highest BCUT2D eigenvalue weighted by molar-refractivity contribution is 8.00. The summed E-state index contributed by atoms with van der Waals surface area (Å²) in [5.74, 6) is -0.175. The zero-order valence-electron chi connectivity index (χ0n) is 26.7. The van der Waals surface area contributed by atoms with Crippen LogP contribution in [-0.4, -0.2) is 40.7 Å². The molecule has 0 saturated heterocycles. The van der Waals surface area contributed by atoms with Crippen molar-refractivity contribution in [2.24, 2.45) is 0 Å². The number of rotatable bonds is 14. The second kappa shape index (κ2) is 15.3. The molecule has 0 radical (unpaired) electrons. The number of anilines is 1. The van der Waals surface area contributed by atoms with Crippen molar-refractivity contribution in [1.82, 2.24) is 10.2 Å². The van der Waals surface area contributed by atoms with Crippen LogP contribution in [0.25, 0.3) is 16.8 Å². The summed E-state index contributed by atoms with van der Waals surface area (Å²) in [5.41, 5.74) is 2.48. The maximum atomic E-state index is 13.8. The van der Waals surface area contributed by atoms with Crippen molar-refractivity contribution in [1.29, 1.82) is 0 Å². The van der Waals surface area contributed by atoms with Crippen molar-refractivity contribution in [2.45, 2.75) is 42.3 Å². The fourth-order valence-corrected chi connectivity index (χ4v) is 7.49. The second-order valence-corrected chi connectivity index (χ2v) is 13.4. The maximum Gasteiger partial charge on any atom is 0.296 e. The van der Waals surface area contributed by atoms with Crippen molar-refractivity contribution >= 4 is 56.8 Å². The Bertz CT molecular complexity index is 1980. The molecule has 1 atom stereocenters. The summed E-state index contributed by atoms with van der Waals surface area (Å²) in [6.07, 6.45) is 6.07. The van der Waals surface area contributed by atoms with Crippen LogP contribution in [-0.2, 0) is 15.3 Å². The number of hydrogen-bond donors (Lipinski definition) is 1.